The first-order valence-corrected chi connectivity index (χ1v) is 11.7. The smallest absolute Gasteiger partial charge is 0.0552 e. The van der Waals surface area contributed by atoms with Crippen LogP contribution in [-0.2, 0) is 0 Å². The van der Waals surface area contributed by atoms with E-state index in [0.29, 0.717) is 0 Å². The van der Waals surface area contributed by atoms with Gasteiger partial charge in [-0.1, -0.05) is 92.5 Å². The maximum atomic E-state index is 3.65. The van der Waals surface area contributed by atoms with Gasteiger partial charge in [0.15, 0.2) is 0 Å². The van der Waals surface area contributed by atoms with Gasteiger partial charge in [-0.05, 0) is 64.4 Å². The standard InChI is InChI=1S/C28H17Br2N/c29-22-9-13-25-26-14-10-23(30)17-28(26)31(27(25)16-22)24-11-7-19(8-12-24)21-6-5-18-3-1-2-4-20(18)15-21/h1-17H. The van der Waals surface area contributed by atoms with Gasteiger partial charge in [0.05, 0.1) is 11.0 Å². The van der Waals surface area contributed by atoms with Crippen LogP contribution < -0.4 is 0 Å². The van der Waals surface area contributed by atoms with Crippen LogP contribution in [0.2, 0.25) is 0 Å². The Morgan fingerprint density at radius 1 is 0.484 bits per heavy atom. The van der Waals surface area contributed by atoms with Gasteiger partial charge in [0.2, 0.25) is 0 Å². The first-order valence-electron chi connectivity index (χ1n) is 10.2. The van der Waals surface area contributed by atoms with Crippen LogP contribution in [0.1, 0.15) is 0 Å². The molecule has 3 heteroatoms. The number of fused-ring (bicyclic) bond motifs is 4. The molecule has 1 nitrogen and oxygen atoms in total. The van der Waals surface area contributed by atoms with E-state index in [-0.39, 0.29) is 0 Å². The molecule has 148 valence electrons. The van der Waals surface area contributed by atoms with Crippen molar-refractivity contribution in [1.82, 2.24) is 4.57 Å². The summed E-state index contributed by atoms with van der Waals surface area (Å²) in [5.41, 5.74) is 6.00. The third kappa shape index (κ3) is 3.20. The molecule has 0 aliphatic rings. The van der Waals surface area contributed by atoms with E-state index in [2.05, 4.69) is 140 Å². The van der Waals surface area contributed by atoms with Gasteiger partial charge in [0.1, 0.15) is 0 Å². The fraction of sp³-hybridized carbons (Fsp3) is 0. The number of aromatic nitrogens is 1. The van der Waals surface area contributed by atoms with E-state index < -0.39 is 0 Å². The molecule has 0 spiro atoms. The minimum atomic E-state index is 1.08. The van der Waals surface area contributed by atoms with E-state index in [1.165, 1.54) is 43.7 Å². The Hall–Kier alpha value is -2.88. The van der Waals surface area contributed by atoms with Crippen molar-refractivity contribution in [2.75, 3.05) is 0 Å². The Balaban J connectivity index is 1.53. The lowest BCUT2D eigenvalue weighted by atomic mass is 10.0. The lowest BCUT2D eigenvalue weighted by molar-refractivity contribution is 1.18. The summed E-state index contributed by atoms with van der Waals surface area (Å²) in [6, 6.07) is 37.0. The van der Waals surface area contributed by atoms with Crippen LogP contribution in [-0.4, -0.2) is 4.57 Å². The van der Waals surface area contributed by atoms with Crippen molar-refractivity contribution in [2.45, 2.75) is 0 Å². The summed E-state index contributed by atoms with van der Waals surface area (Å²) in [6.07, 6.45) is 0. The van der Waals surface area contributed by atoms with Crippen molar-refractivity contribution < 1.29 is 0 Å². The highest BCUT2D eigenvalue weighted by molar-refractivity contribution is 9.10. The van der Waals surface area contributed by atoms with Gasteiger partial charge in [-0.25, -0.2) is 0 Å². The fourth-order valence-corrected chi connectivity index (χ4v) is 5.11. The molecule has 0 amide bonds. The Kier molecular flexibility index (Phi) is 4.48. The number of nitrogens with zero attached hydrogens (tertiary/aromatic N) is 1. The lowest BCUT2D eigenvalue weighted by Gasteiger charge is -2.10. The zero-order chi connectivity index (χ0) is 20.9. The molecule has 6 aromatic rings. The summed E-state index contributed by atoms with van der Waals surface area (Å²) >= 11 is 7.30. The molecule has 0 aliphatic heterocycles. The molecule has 1 heterocycles. The van der Waals surface area contributed by atoms with Crippen LogP contribution in [0.25, 0.3) is 49.4 Å². The minimum absolute atomic E-state index is 1.08. The molecule has 0 saturated carbocycles. The zero-order valence-electron chi connectivity index (χ0n) is 16.5. The Morgan fingerprint density at radius 3 is 1.71 bits per heavy atom. The van der Waals surface area contributed by atoms with Crippen LogP contribution >= 0.6 is 31.9 Å². The number of halogens is 2. The average molecular weight is 527 g/mol. The van der Waals surface area contributed by atoms with Crippen molar-refractivity contribution in [3.05, 3.63) is 112 Å². The van der Waals surface area contributed by atoms with Crippen molar-refractivity contribution in [2.24, 2.45) is 0 Å². The predicted octanol–water partition coefficient (Wildman–Crippen LogP) is 9.13. The number of hydrogen-bond donors (Lipinski definition) is 0. The van der Waals surface area contributed by atoms with Crippen LogP contribution in [0.3, 0.4) is 0 Å². The molecule has 6 rings (SSSR count). The highest BCUT2D eigenvalue weighted by atomic mass is 79.9. The SMILES string of the molecule is Brc1ccc2c3ccc(Br)cc3n(-c3ccc(-c4ccc5ccccc5c4)cc3)c2c1. The summed E-state index contributed by atoms with van der Waals surface area (Å²) < 4.78 is 4.50. The second-order valence-electron chi connectivity index (χ2n) is 7.77. The van der Waals surface area contributed by atoms with Gasteiger partial charge in [0.25, 0.3) is 0 Å². The second-order valence-corrected chi connectivity index (χ2v) is 9.60. The van der Waals surface area contributed by atoms with Crippen molar-refractivity contribution in [3.63, 3.8) is 0 Å². The molecule has 1 aromatic heterocycles. The number of benzene rings is 5. The summed E-state index contributed by atoms with van der Waals surface area (Å²) in [7, 11) is 0. The van der Waals surface area contributed by atoms with Gasteiger partial charge >= 0.3 is 0 Å². The van der Waals surface area contributed by atoms with Gasteiger partial charge in [0, 0.05) is 25.4 Å². The third-order valence-electron chi connectivity index (χ3n) is 5.90. The lowest BCUT2D eigenvalue weighted by Crippen LogP contribution is -1.94. The van der Waals surface area contributed by atoms with E-state index in [1.54, 1.807) is 0 Å². The maximum absolute atomic E-state index is 3.65. The van der Waals surface area contributed by atoms with E-state index >= 15 is 0 Å². The molecule has 0 aliphatic carbocycles. The van der Waals surface area contributed by atoms with Crippen LogP contribution in [0.4, 0.5) is 0 Å². The topological polar surface area (TPSA) is 4.93 Å². The normalized spacial score (nSPS) is 11.5. The molecular formula is C28H17Br2N. The van der Waals surface area contributed by atoms with E-state index in [0.717, 1.165) is 14.6 Å². The Bertz CT molecular complexity index is 1530. The highest BCUT2D eigenvalue weighted by Crippen LogP contribution is 2.35. The summed E-state index contributed by atoms with van der Waals surface area (Å²) in [6.45, 7) is 0. The van der Waals surface area contributed by atoms with Crippen molar-refractivity contribution in [1.29, 1.82) is 0 Å². The first kappa shape index (κ1) is 18.9. The van der Waals surface area contributed by atoms with Crippen LogP contribution in [0, 0.1) is 0 Å². The third-order valence-corrected chi connectivity index (χ3v) is 6.89. The van der Waals surface area contributed by atoms with Gasteiger partial charge in [-0.2, -0.15) is 0 Å². The first-order chi connectivity index (χ1) is 15.2. The number of rotatable bonds is 2. The summed E-state index contributed by atoms with van der Waals surface area (Å²) in [5.74, 6) is 0. The molecule has 0 atom stereocenters. The van der Waals surface area contributed by atoms with Crippen molar-refractivity contribution >= 4 is 64.4 Å². The summed E-state index contributed by atoms with van der Waals surface area (Å²) in [5, 5.41) is 5.04. The molecule has 5 aromatic carbocycles. The molecule has 0 unspecified atom stereocenters. The zero-order valence-corrected chi connectivity index (χ0v) is 19.7. The molecule has 0 N–H and O–H groups in total. The quantitative estimate of drug-likeness (QED) is 0.212. The molecular weight excluding hydrogens is 510 g/mol. The van der Waals surface area contributed by atoms with E-state index in [9.17, 15) is 0 Å². The van der Waals surface area contributed by atoms with Gasteiger partial charge < -0.3 is 4.57 Å². The minimum Gasteiger partial charge on any atom is -0.309 e. The molecule has 31 heavy (non-hydrogen) atoms. The monoisotopic (exact) mass is 525 g/mol. The van der Waals surface area contributed by atoms with Gasteiger partial charge in [-0.15, -0.1) is 0 Å². The van der Waals surface area contributed by atoms with Gasteiger partial charge in [-0.3, -0.25) is 0 Å². The van der Waals surface area contributed by atoms with E-state index in [1.807, 2.05) is 0 Å². The molecule has 0 saturated heterocycles. The highest BCUT2D eigenvalue weighted by Gasteiger charge is 2.13. The van der Waals surface area contributed by atoms with Crippen molar-refractivity contribution in [3.8, 4) is 16.8 Å². The Morgan fingerprint density at radius 2 is 1.06 bits per heavy atom. The van der Waals surface area contributed by atoms with Crippen LogP contribution in [0.15, 0.2) is 112 Å². The maximum Gasteiger partial charge on any atom is 0.0552 e. The molecule has 0 bridgehead atoms. The average Bonchev–Trinajstić information content (AvgIpc) is 3.11. The second kappa shape index (κ2) is 7.37. The summed E-state index contributed by atoms with van der Waals surface area (Å²) in [4.78, 5) is 0. The van der Waals surface area contributed by atoms with E-state index in [4.69, 9.17) is 0 Å². The molecule has 0 radical (unpaired) electrons. The van der Waals surface area contributed by atoms with Crippen LogP contribution in [0.5, 0.6) is 0 Å². The number of hydrogen-bond acceptors (Lipinski definition) is 0. The largest absolute Gasteiger partial charge is 0.309 e. The Labute approximate surface area is 197 Å². The predicted molar refractivity (Wildman–Crippen MR) is 139 cm³/mol. The molecule has 0 fully saturated rings. The fourth-order valence-electron chi connectivity index (χ4n) is 4.41.